The van der Waals surface area contributed by atoms with E-state index in [1.165, 1.54) is 11.6 Å². The molecule has 1 atom stereocenters. The summed E-state index contributed by atoms with van der Waals surface area (Å²) in [6.45, 7) is 6.51. The average molecular weight is 342 g/mol. The molecule has 0 spiro atoms. The van der Waals surface area contributed by atoms with E-state index in [2.05, 4.69) is 43.1 Å². The molecule has 0 saturated heterocycles. The topological polar surface area (TPSA) is 15.3 Å². The number of benzene rings is 2. The normalized spacial score (nSPS) is 16.9. The number of hydrogen-bond donors (Lipinski definition) is 1. The van der Waals surface area contributed by atoms with Gasteiger partial charge in [0.15, 0.2) is 5.11 Å². The zero-order valence-corrected chi connectivity index (χ0v) is 15.2. The van der Waals surface area contributed by atoms with Crippen molar-refractivity contribution in [2.45, 2.75) is 45.6 Å². The van der Waals surface area contributed by atoms with Crippen LogP contribution in [0, 0.1) is 5.82 Å². The molecule has 0 radical (unpaired) electrons. The Morgan fingerprint density at radius 2 is 2.04 bits per heavy atom. The maximum absolute atomic E-state index is 13.5. The molecule has 3 rings (SSSR count). The summed E-state index contributed by atoms with van der Waals surface area (Å²) in [6, 6.07) is 13.6. The molecule has 0 fully saturated rings. The Morgan fingerprint density at radius 1 is 1.25 bits per heavy atom. The second-order valence-electron chi connectivity index (χ2n) is 6.74. The van der Waals surface area contributed by atoms with Gasteiger partial charge in [0.1, 0.15) is 5.82 Å². The van der Waals surface area contributed by atoms with Crippen LogP contribution in [0.3, 0.4) is 0 Å². The largest absolute Gasteiger partial charge is 0.332 e. The number of fused-ring (bicyclic) bond motifs is 1. The number of thiocarbonyl (C=S) groups is 1. The van der Waals surface area contributed by atoms with Crippen LogP contribution in [-0.4, -0.2) is 11.2 Å². The Labute approximate surface area is 148 Å². The van der Waals surface area contributed by atoms with Gasteiger partial charge in [0.2, 0.25) is 0 Å². The van der Waals surface area contributed by atoms with E-state index in [9.17, 15) is 4.39 Å². The van der Waals surface area contributed by atoms with E-state index in [4.69, 9.17) is 12.2 Å². The van der Waals surface area contributed by atoms with Crippen LogP contribution >= 0.6 is 12.2 Å². The first-order chi connectivity index (χ1) is 11.5. The molecule has 2 aromatic carbocycles. The number of anilines is 2. The van der Waals surface area contributed by atoms with Crippen LogP contribution in [0.25, 0.3) is 0 Å². The summed E-state index contributed by atoms with van der Waals surface area (Å²) >= 11 is 5.67. The summed E-state index contributed by atoms with van der Waals surface area (Å²) in [5.74, 6) is 0.282. The van der Waals surface area contributed by atoms with Gasteiger partial charge in [-0.2, -0.15) is 0 Å². The summed E-state index contributed by atoms with van der Waals surface area (Å²) < 4.78 is 13.5. The molecule has 2 aromatic rings. The molecule has 1 N–H and O–H groups in total. The van der Waals surface area contributed by atoms with Crippen LogP contribution < -0.4 is 10.2 Å². The van der Waals surface area contributed by atoms with E-state index in [1.807, 2.05) is 18.2 Å². The first-order valence-electron chi connectivity index (χ1n) is 8.44. The van der Waals surface area contributed by atoms with Gasteiger partial charge in [-0.15, -0.1) is 0 Å². The Bertz CT molecular complexity index is 757. The van der Waals surface area contributed by atoms with Crippen molar-refractivity contribution in [1.29, 1.82) is 0 Å². The number of hydrogen-bond acceptors (Lipinski definition) is 1. The van der Waals surface area contributed by atoms with Crippen molar-refractivity contribution in [2.75, 3.05) is 10.2 Å². The molecule has 0 bridgehead atoms. The van der Waals surface area contributed by atoms with E-state index in [0.29, 0.717) is 11.0 Å². The van der Waals surface area contributed by atoms with E-state index in [-0.39, 0.29) is 11.9 Å². The predicted octanol–water partition coefficient (Wildman–Crippen LogP) is 5.49. The molecule has 2 nitrogen and oxygen atoms in total. The minimum Gasteiger partial charge on any atom is -0.332 e. The molecule has 0 amide bonds. The highest BCUT2D eigenvalue weighted by Gasteiger charge is 2.26. The van der Waals surface area contributed by atoms with Gasteiger partial charge in [0, 0.05) is 17.4 Å². The number of aryl methyl sites for hydroxylation is 1. The highest BCUT2D eigenvalue weighted by Crippen LogP contribution is 2.32. The molecule has 0 saturated carbocycles. The second-order valence-corrected chi connectivity index (χ2v) is 7.13. The monoisotopic (exact) mass is 342 g/mol. The molecule has 126 valence electrons. The Hall–Kier alpha value is -1.94. The van der Waals surface area contributed by atoms with Gasteiger partial charge in [-0.1, -0.05) is 26.0 Å². The van der Waals surface area contributed by atoms with Crippen LogP contribution in [-0.2, 0) is 6.42 Å². The van der Waals surface area contributed by atoms with Crippen LogP contribution in [0.2, 0.25) is 0 Å². The fourth-order valence-corrected chi connectivity index (χ4v) is 3.59. The quantitative estimate of drug-likeness (QED) is 0.727. The SMILES string of the molecule is CC(C)c1cccc(NC(=S)N2c3ccc(F)cc3CC[C@H]2C)c1. The van der Waals surface area contributed by atoms with Gasteiger partial charge in [-0.05, 0) is 79.4 Å². The molecule has 0 aliphatic carbocycles. The Morgan fingerprint density at radius 3 is 2.79 bits per heavy atom. The van der Waals surface area contributed by atoms with Crippen LogP contribution in [0.5, 0.6) is 0 Å². The minimum absolute atomic E-state index is 0.188. The molecule has 4 heteroatoms. The lowest BCUT2D eigenvalue weighted by molar-refractivity contribution is 0.604. The third kappa shape index (κ3) is 3.44. The summed E-state index contributed by atoms with van der Waals surface area (Å²) in [5, 5.41) is 4.02. The fraction of sp³-hybridized carbons (Fsp3) is 0.350. The summed E-state index contributed by atoms with van der Waals surface area (Å²) in [6.07, 6.45) is 1.85. The molecule has 0 unspecified atom stereocenters. The van der Waals surface area contributed by atoms with Crippen molar-refractivity contribution < 1.29 is 4.39 Å². The van der Waals surface area contributed by atoms with Crippen LogP contribution in [0.1, 0.15) is 44.2 Å². The Balaban J connectivity index is 1.86. The highest BCUT2D eigenvalue weighted by molar-refractivity contribution is 7.80. The average Bonchev–Trinajstić information content (AvgIpc) is 2.55. The number of nitrogens with one attached hydrogen (secondary N) is 1. The van der Waals surface area contributed by atoms with Gasteiger partial charge in [0.05, 0.1) is 0 Å². The summed E-state index contributed by atoms with van der Waals surface area (Å²) in [4.78, 5) is 2.11. The third-order valence-electron chi connectivity index (χ3n) is 4.60. The van der Waals surface area contributed by atoms with Crippen molar-refractivity contribution in [3.05, 3.63) is 59.4 Å². The van der Waals surface area contributed by atoms with E-state index < -0.39 is 0 Å². The van der Waals surface area contributed by atoms with Gasteiger partial charge >= 0.3 is 0 Å². The highest BCUT2D eigenvalue weighted by atomic mass is 32.1. The number of rotatable bonds is 2. The molecule has 1 heterocycles. The molecule has 1 aliphatic heterocycles. The van der Waals surface area contributed by atoms with Crippen LogP contribution in [0.15, 0.2) is 42.5 Å². The van der Waals surface area contributed by atoms with Gasteiger partial charge in [0.25, 0.3) is 0 Å². The maximum atomic E-state index is 13.5. The van der Waals surface area contributed by atoms with Crippen LogP contribution in [0.4, 0.5) is 15.8 Å². The van der Waals surface area contributed by atoms with Gasteiger partial charge in [-0.25, -0.2) is 4.39 Å². The van der Waals surface area contributed by atoms with Crippen molar-refractivity contribution in [3.63, 3.8) is 0 Å². The fourth-order valence-electron chi connectivity index (χ4n) is 3.19. The second kappa shape index (κ2) is 6.89. The standard InChI is InChI=1S/C20H23FN2S/c1-13(2)15-5-4-6-18(12-15)22-20(24)23-14(3)7-8-16-11-17(21)9-10-19(16)23/h4-6,9-14H,7-8H2,1-3H3,(H,22,24)/t14-/m1/s1. The summed E-state index contributed by atoms with van der Waals surface area (Å²) in [7, 11) is 0. The van der Waals surface area contributed by atoms with E-state index in [1.54, 1.807) is 6.07 Å². The molecule has 0 aromatic heterocycles. The van der Waals surface area contributed by atoms with Gasteiger partial charge < -0.3 is 10.2 Å². The lowest BCUT2D eigenvalue weighted by atomic mass is 9.97. The van der Waals surface area contributed by atoms with E-state index >= 15 is 0 Å². The lowest BCUT2D eigenvalue weighted by Gasteiger charge is -2.37. The van der Waals surface area contributed by atoms with Gasteiger partial charge in [-0.3, -0.25) is 0 Å². The molecular formula is C20H23FN2S. The minimum atomic E-state index is -0.188. The zero-order chi connectivity index (χ0) is 17.3. The predicted molar refractivity (Wildman–Crippen MR) is 103 cm³/mol. The third-order valence-corrected chi connectivity index (χ3v) is 4.90. The van der Waals surface area contributed by atoms with E-state index in [0.717, 1.165) is 29.8 Å². The van der Waals surface area contributed by atoms with Crippen molar-refractivity contribution >= 4 is 28.7 Å². The van der Waals surface area contributed by atoms with Crippen molar-refractivity contribution in [1.82, 2.24) is 0 Å². The first kappa shape index (κ1) is 16.9. The smallest absolute Gasteiger partial charge is 0.178 e. The maximum Gasteiger partial charge on any atom is 0.178 e. The molecule has 1 aliphatic rings. The van der Waals surface area contributed by atoms with Crippen molar-refractivity contribution in [2.24, 2.45) is 0 Å². The molecule has 24 heavy (non-hydrogen) atoms. The van der Waals surface area contributed by atoms with Crippen molar-refractivity contribution in [3.8, 4) is 0 Å². The first-order valence-corrected chi connectivity index (χ1v) is 8.85. The number of halogens is 1. The lowest BCUT2D eigenvalue weighted by Crippen LogP contribution is -2.44. The number of nitrogens with zero attached hydrogens (tertiary/aromatic N) is 1. The Kier molecular flexibility index (Phi) is 4.86. The summed E-state index contributed by atoms with van der Waals surface area (Å²) in [5.41, 5.74) is 4.30. The zero-order valence-electron chi connectivity index (χ0n) is 14.3. The molecular weight excluding hydrogens is 319 g/mol.